The molecule has 2 heteroatoms. The van der Waals surface area contributed by atoms with E-state index in [0.29, 0.717) is 6.10 Å². The summed E-state index contributed by atoms with van der Waals surface area (Å²) >= 11 is 0. The molecule has 2 N–H and O–H groups in total. The molecule has 1 saturated carbocycles. The standard InChI is InChI=1S/C17H27NO/c1-13-4-3-5-17(12-13)19-16-10-8-15(9-11-16)7-6-14(2)18/h8-11,13-14,17H,3-7,12,18H2,1-2H3. The van der Waals surface area contributed by atoms with Crippen molar-refractivity contribution in [3.8, 4) is 5.75 Å². The SMILES string of the molecule is CC(N)CCc1ccc(OC2CCCC(C)C2)cc1. The topological polar surface area (TPSA) is 35.2 Å². The predicted molar refractivity (Wildman–Crippen MR) is 80.5 cm³/mol. The van der Waals surface area contributed by atoms with Gasteiger partial charge in [0.25, 0.3) is 0 Å². The van der Waals surface area contributed by atoms with Crippen molar-refractivity contribution in [2.75, 3.05) is 0 Å². The van der Waals surface area contributed by atoms with E-state index in [0.717, 1.165) is 24.5 Å². The normalized spacial score (nSPS) is 25.0. The van der Waals surface area contributed by atoms with E-state index in [9.17, 15) is 0 Å². The fraction of sp³-hybridized carbons (Fsp3) is 0.647. The van der Waals surface area contributed by atoms with Crippen molar-refractivity contribution in [1.82, 2.24) is 0 Å². The van der Waals surface area contributed by atoms with Gasteiger partial charge in [-0.1, -0.05) is 25.5 Å². The minimum atomic E-state index is 0.277. The van der Waals surface area contributed by atoms with Gasteiger partial charge in [-0.15, -0.1) is 0 Å². The van der Waals surface area contributed by atoms with E-state index in [1.54, 1.807) is 0 Å². The van der Waals surface area contributed by atoms with Crippen LogP contribution in [-0.4, -0.2) is 12.1 Å². The number of rotatable bonds is 5. The Labute approximate surface area is 117 Å². The Kier molecular flexibility index (Phi) is 5.26. The van der Waals surface area contributed by atoms with Crippen LogP contribution in [0.25, 0.3) is 0 Å². The second-order valence-electron chi connectivity index (χ2n) is 6.17. The summed E-state index contributed by atoms with van der Waals surface area (Å²) in [6, 6.07) is 8.83. The first-order chi connectivity index (χ1) is 9.13. The van der Waals surface area contributed by atoms with Gasteiger partial charge in [-0.2, -0.15) is 0 Å². The number of nitrogens with two attached hydrogens (primary N) is 1. The van der Waals surface area contributed by atoms with Gasteiger partial charge in [-0.05, 0) is 62.6 Å². The smallest absolute Gasteiger partial charge is 0.119 e. The van der Waals surface area contributed by atoms with Gasteiger partial charge >= 0.3 is 0 Å². The lowest BCUT2D eigenvalue weighted by atomic mass is 9.89. The van der Waals surface area contributed by atoms with Crippen LogP contribution in [0.15, 0.2) is 24.3 Å². The van der Waals surface area contributed by atoms with Crippen LogP contribution in [0, 0.1) is 5.92 Å². The summed E-state index contributed by atoms with van der Waals surface area (Å²) in [4.78, 5) is 0. The number of hydrogen-bond acceptors (Lipinski definition) is 2. The van der Waals surface area contributed by atoms with Crippen LogP contribution in [0.1, 0.15) is 51.5 Å². The minimum absolute atomic E-state index is 0.277. The van der Waals surface area contributed by atoms with E-state index < -0.39 is 0 Å². The van der Waals surface area contributed by atoms with Crippen LogP contribution in [0.2, 0.25) is 0 Å². The first kappa shape index (κ1) is 14.4. The summed E-state index contributed by atoms with van der Waals surface area (Å²) in [5.74, 6) is 1.83. The summed E-state index contributed by atoms with van der Waals surface area (Å²) in [5, 5.41) is 0. The summed E-state index contributed by atoms with van der Waals surface area (Å²) in [5.41, 5.74) is 7.13. The highest BCUT2D eigenvalue weighted by atomic mass is 16.5. The van der Waals surface area contributed by atoms with E-state index in [4.69, 9.17) is 10.5 Å². The summed E-state index contributed by atoms with van der Waals surface area (Å²) in [6.45, 7) is 4.38. The Bertz CT molecular complexity index is 371. The Hall–Kier alpha value is -1.02. The Morgan fingerprint density at radius 1 is 1.26 bits per heavy atom. The van der Waals surface area contributed by atoms with Crippen molar-refractivity contribution in [1.29, 1.82) is 0 Å². The zero-order chi connectivity index (χ0) is 13.7. The molecule has 1 aromatic carbocycles. The maximum atomic E-state index is 6.08. The van der Waals surface area contributed by atoms with Gasteiger partial charge in [0.15, 0.2) is 0 Å². The van der Waals surface area contributed by atoms with Crippen LogP contribution in [-0.2, 0) is 6.42 Å². The molecule has 1 aromatic rings. The van der Waals surface area contributed by atoms with Crippen LogP contribution >= 0.6 is 0 Å². The molecule has 0 radical (unpaired) electrons. The molecule has 1 aliphatic rings. The molecular weight excluding hydrogens is 234 g/mol. The fourth-order valence-electron chi connectivity index (χ4n) is 2.81. The number of aryl methyl sites for hydroxylation is 1. The lowest BCUT2D eigenvalue weighted by Crippen LogP contribution is -2.24. The van der Waals surface area contributed by atoms with E-state index >= 15 is 0 Å². The Morgan fingerprint density at radius 3 is 2.63 bits per heavy atom. The Balaban J connectivity index is 1.84. The second-order valence-corrected chi connectivity index (χ2v) is 6.17. The number of hydrogen-bond donors (Lipinski definition) is 1. The van der Waals surface area contributed by atoms with Gasteiger partial charge < -0.3 is 10.5 Å². The summed E-state index contributed by atoms with van der Waals surface area (Å²) in [6.07, 6.45) is 7.58. The molecule has 0 aliphatic heterocycles. The molecule has 3 atom stereocenters. The third kappa shape index (κ3) is 4.87. The molecule has 0 bridgehead atoms. The largest absolute Gasteiger partial charge is 0.490 e. The highest BCUT2D eigenvalue weighted by Gasteiger charge is 2.20. The van der Waals surface area contributed by atoms with E-state index in [-0.39, 0.29) is 6.04 Å². The third-order valence-electron chi connectivity index (χ3n) is 4.00. The number of ether oxygens (including phenoxy) is 1. The van der Waals surface area contributed by atoms with Crippen molar-refractivity contribution in [3.63, 3.8) is 0 Å². The molecule has 2 rings (SSSR count). The van der Waals surface area contributed by atoms with Gasteiger partial charge in [0.1, 0.15) is 5.75 Å². The van der Waals surface area contributed by atoms with Crippen molar-refractivity contribution in [3.05, 3.63) is 29.8 Å². The zero-order valence-corrected chi connectivity index (χ0v) is 12.3. The minimum Gasteiger partial charge on any atom is -0.490 e. The predicted octanol–water partition coefficient (Wildman–Crippen LogP) is 3.92. The fourth-order valence-corrected chi connectivity index (χ4v) is 2.81. The summed E-state index contributed by atoms with van der Waals surface area (Å²) < 4.78 is 6.08. The molecule has 19 heavy (non-hydrogen) atoms. The molecule has 0 heterocycles. The Morgan fingerprint density at radius 2 is 2.00 bits per heavy atom. The average molecular weight is 261 g/mol. The molecular formula is C17H27NO. The molecule has 0 amide bonds. The first-order valence-corrected chi connectivity index (χ1v) is 7.64. The highest BCUT2D eigenvalue weighted by Crippen LogP contribution is 2.27. The van der Waals surface area contributed by atoms with Crippen LogP contribution in [0.3, 0.4) is 0 Å². The zero-order valence-electron chi connectivity index (χ0n) is 12.3. The van der Waals surface area contributed by atoms with Crippen molar-refractivity contribution in [2.45, 2.75) is 64.5 Å². The van der Waals surface area contributed by atoms with Gasteiger partial charge in [0, 0.05) is 6.04 Å². The van der Waals surface area contributed by atoms with E-state index in [1.165, 1.54) is 31.2 Å². The molecule has 1 aliphatic carbocycles. The second kappa shape index (κ2) is 6.95. The monoisotopic (exact) mass is 261 g/mol. The van der Waals surface area contributed by atoms with Gasteiger partial charge in [0.2, 0.25) is 0 Å². The molecule has 1 fully saturated rings. The summed E-state index contributed by atoms with van der Waals surface area (Å²) in [7, 11) is 0. The molecule has 0 saturated heterocycles. The van der Waals surface area contributed by atoms with Gasteiger partial charge in [0.05, 0.1) is 6.10 Å². The van der Waals surface area contributed by atoms with Crippen LogP contribution in [0.5, 0.6) is 5.75 Å². The lowest BCUT2D eigenvalue weighted by molar-refractivity contribution is 0.129. The number of benzene rings is 1. The average Bonchev–Trinajstić information content (AvgIpc) is 2.38. The van der Waals surface area contributed by atoms with Crippen LogP contribution < -0.4 is 10.5 Å². The first-order valence-electron chi connectivity index (χ1n) is 7.64. The molecule has 3 unspecified atom stereocenters. The van der Waals surface area contributed by atoms with Crippen molar-refractivity contribution in [2.24, 2.45) is 11.7 Å². The molecule has 106 valence electrons. The molecule has 0 spiro atoms. The van der Waals surface area contributed by atoms with E-state index in [2.05, 4.69) is 38.1 Å². The quantitative estimate of drug-likeness (QED) is 0.871. The van der Waals surface area contributed by atoms with E-state index in [1.807, 2.05) is 0 Å². The van der Waals surface area contributed by atoms with Gasteiger partial charge in [-0.25, -0.2) is 0 Å². The maximum absolute atomic E-state index is 6.08. The molecule has 2 nitrogen and oxygen atoms in total. The highest BCUT2D eigenvalue weighted by molar-refractivity contribution is 5.27. The van der Waals surface area contributed by atoms with Crippen molar-refractivity contribution < 1.29 is 4.74 Å². The third-order valence-corrected chi connectivity index (χ3v) is 4.00. The lowest BCUT2D eigenvalue weighted by Gasteiger charge is -2.27. The van der Waals surface area contributed by atoms with Gasteiger partial charge in [-0.3, -0.25) is 0 Å². The van der Waals surface area contributed by atoms with Crippen LogP contribution in [0.4, 0.5) is 0 Å². The molecule has 0 aromatic heterocycles. The van der Waals surface area contributed by atoms with Crippen molar-refractivity contribution >= 4 is 0 Å². The maximum Gasteiger partial charge on any atom is 0.119 e.